The molecular weight excluding hydrogens is 449 g/mol. The highest BCUT2D eigenvalue weighted by Gasteiger charge is 2.31. The predicted molar refractivity (Wildman–Crippen MR) is 104 cm³/mol. The van der Waals surface area contributed by atoms with Crippen molar-refractivity contribution in [2.75, 3.05) is 12.4 Å². The van der Waals surface area contributed by atoms with Crippen LogP contribution in [0.15, 0.2) is 12.5 Å². The van der Waals surface area contributed by atoms with E-state index >= 15 is 0 Å². The van der Waals surface area contributed by atoms with E-state index in [2.05, 4.69) is 47.8 Å². The molecule has 0 atom stereocenters. The van der Waals surface area contributed by atoms with E-state index in [1.165, 1.54) is 6.33 Å². The van der Waals surface area contributed by atoms with Gasteiger partial charge in [-0.1, -0.05) is 0 Å². The summed E-state index contributed by atoms with van der Waals surface area (Å²) in [6.07, 6.45) is 4.70. The third-order valence-corrected chi connectivity index (χ3v) is 4.38. The fourth-order valence-electron chi connectivity index (χ4n) is 2.39. The Morgan fingerprint density at radius 3 is 2.62 bits per heavy atom. The van der Waals surface area contributed by atoms with E-state index in [1.54, 1.807) is 34.1 Å². The summed E-state index contributed by atoms with van der Waals surface area (Å²) in [5.41, 5.74) is 0.948. The molecule has 1 N–H and O–H groups in total. The molecule has 0 bridgehead atoms. The van der Waals surface area contributed by atoms with E-state index < -0.39 is 11.7 Å². The van der Waals surface area contributed by atoms with Gasteiger partial charge in [-0.15, -0.1) is 0 Å². The molecule has 0 spiro atoms. The maximum absolute atomic E-state index is 12.1. The Kier molecular flexibility index (Phi) is 5.26. The van der Waals surface area contributed by atoms with Crippen LogP contribution in [0.3, 0.4) is 0 Å². The molecule has 8 nitrogen and oxygen atoms in total. The van der Waals surface area contributed by atoms with Crippen molar-refractivity contribution in [3.63, 3.8) is 0 Å². The summed E-state index contributed by atoms with van der Waals surface area (Å²) in [7, 11) is 1.55. The number of anilines is 1. The summed E-state index contributed by atoms with van der Waals surface area (Å²) < 4.78 is 11.4. The third-order valence-electron chi connectivity index (χ3n) is 3.59. The maximum atomic E-state index is 12.1. The van der Waals surface area contributed by atoms with Crippen LogP contribution in [0.25, 0.3) is 11.4 Å². The zero-order valence-electron chi connectivity index (χ0n) is 15.0. The molecular formula is C17H20IN5O3. The molecule has 0 aliphatic heterocycles. The van der Waals surface area contributed by atoms with Crippen molar-refractivity contribution in [2.24, 2.45) is 0 Å². The topological polar surface area (TPSA) is 99.1 Å². The number of methoxy groups -OCH3 is 1. The highest BCUT2D eigenvalue weighted by molar-refractivity contribution is 14.1. The average Bonchev–Trinajstić information content (AvgIpc) is 3.39. The first kappa shape index (κ1) is 18.7. The lowest BCUT2D eigenvalue weighted by Crippen LogP contribution is -2.27. The minimum Gasteiger partial charge on any atom is -0.480 e. The molecule has 1 amide bonds. The van der Waals surface area contributed by atoms with E-state index in [4.69, 9.17) is 9.47 Å². The number of amides is 1. The Morgan fingerprint density at radius 1 is 1.27 bits per heavy atom. The molecule has 1 fully saturated rings. The molecule has 1 saturated carbocycles. The first-order valence-corrected chi connectivity index (χ1v) is 9.28. The van der Waals surface area contributed by atoms with Crippen LogP contribution >= 0.6 is 22.6 Å². The molecule has 1 aliphatic carbocycles. The fourth-order valence-corrected chi connectivity index (χ4v) is 2.78. The Balaban J connectivity index is 1.97. The van der Waals surface area contributed by atoms with Crippen LogP contribution in [0, 0.1) is 3.57 Å². The second kappa shape index (κ2) is 7.29. The smallest absolute Gasteiger partial charge is 0.413 e. The first-order chi connectivity index (χ1) is 12.3. The van der Waals surface area contributed by atoms with Gasteiger partial charge < -0.3 is 9.47 Å². The van der Waals surface area contributed by atoms with E-state index in [-0.39, 0.29) is 0 Å². The van der Waals surface area contributed by atoms with Crippen LogP contribution in [0.1, 0.15) is 45.2 Å². The minimum absolute atomic E-state index is 0.368. The number of rotatable bonds is 4. The molecule has 0 unspecified atom stereocenters. The van der Waals surface area contributed by atoms with Crippen LogP contribution < -0.4 is 10.1 Å². The number of hydrogen-bond acceptors (Lipinski definition) is 7. The molecule has 0 radical (unpaired) electrons. The lowest BCUT2D eigenvalue weighted by atomic mass is 10.1. The number of hydrogen-bond donors (Lipinski definition) is 1. The molecule has 3 rings (SSSR count). The van der Waals surface area contributed by atoms with Gasteiger partial charge in [-0.25, -0.2) is 24.7 Å². The van der Waals surface area contributed by atoms with Gasteiger partial charge in [0, 0.05) is 12.1 Å². The molecule has 2 aromatic rings. The van der Waals surface area contributed by atoms with Gasteiger partial charge in [0.15, 0.2) is 11.6 Å². The van der Waals surface area contributed by atoms with E-state index in [1.807, 2.05) is 0 Å². The lowest BCUT2D eigenvalue weighted by molar-refractivity contribution is 0.0635. The molecule has 138 valence electrons. The second-order valence-electron chi connectivity index (χ2n) is 6.93. The van der Waals surface area contributed by atoms with Gasteiger partial charge in [0.2, 0.25) is 5.88 Å². The summed E-state index contributed by atoms with van der Waals surface area (Å²) in [6.45, 7) is 5.41. The zero-order valence-corrected chi connectivity index (χ0v) is 17.2. The molecule has 9 heteroatoms. The predicted octanol–water partition coefficient (Wildman–Crippen LogP) is 3.77. The van der Waals surface area contributed by atoms with E-state index in [9.17, 15) is 4.79 Å². The number of nitrogens with zero attached hydrogens (tertiary/aromatic N) is 4. The van der Waals surface area contributed by atoms with Gasteiger partial charge in [0.1, 0.15) is 17.5 Å². The SMILES string of the molecule is COc1ncnc(C2CC2)c1-c1ncc(I)c(NC(=O)OC(C)(C)C)n1. The number of carbonyl (C=O) groups is 1. The summed E-state index contributed by atoms with van der Waals surface area (Å²) in [4.78, 5) is 29.6. The number of nitrogens with one attached hydrogen (secondary N) is 1. The molecule has 1 aliphatic rings. The minimum atomic E-state index is -0.596. The van der Waals surface area contributed by atoms with Gasteiger partial charge in [-0.05, 0) is 56.2 Å². The molecule has 0 aromatic carbocycles. The monoisotopic (exact) mass is 469 g/mol. The number of carbonyl (C=O) groups excluding carboxylic acids is 1. The van der Waals surface area contributed by atoms with Crippen molar-refractivity contribution < 1.29 is 14.3 Å². The second-order valence-corrected chi connectivity index (χ2v) is 8.10. The lowest BCUT2D eigenvalue weighted by Gasteiger charge is -2.20. The van der Waals surface area contributed by atoms with Gasteiger partial charge in [-0.2, -0.15) is 0 Å². The molecule has 0 saturated heterocycles. The van der Waals surface area contributed by atoms with E-state index in [0.29, 0.717) is 32.6 Å². The summed E-state index contributed by atoms with van der Waals surface area (Å²) in [5.74, 6) is 1.58. The van der Waals surface area contributed by atoms with Crippen LogP contribution in [-0.2, 0) is 4.74 Å². The molecule has 26 heavy (non-hydrogen) atoms. The fraction of sp³-hybridized carbons (Fsp3) is 0.471. The van der Waals surface area contributed by atoms with Crippen molar-refractivity contribution in [1.29, 1.82) is 0 Å². The van der Waals surface area contributed by atoms with Crippen molar-refractivity contribution in [2.45, 2.75) is 45.1 Å². The van der Waals surface area contributed by atoms with Crippen LogP contribution in [-0.4, -0.2) is 38.7 Å². The summed E-state index contributed by atoms with van der Waals surface area (Å²) in [5, 5.41) is 2.68. The largest absolute Gasteiger partial charge is 0.480 e. The van der Waals surface area contributed by atoms with E-state index in [0.717, 1.165) is 18.5 Å². The normalized spacial score (nSPS) is 14.0. The maximum Gasteiger partial charge on any atom is 0.413 e. The van der Waals surface area contributed by atoms with Gasteiger partial charge in [-0.3, -0.25) is 5.32 Å². The van der Waals surface area contributed by atoms with Crippen LogP contribution in [0.4, 0.5) is 10.6 Å². The molecule has 2 aromatic heterocycles. The van der Waals surface area contributed by atoms with Crippen LogP contribution in [0.5, 0.6) is 5.88 Å². The first-order valence-electron chi connectivity index (χ1n) is 8.20. The standard InChI is InChI=1S/C17H20IN5O3/c1-17(2,3)26-16(24)23-13-10(18)7-19-14(22-13)11-12(9-5-6-9)20-8-21-15(11)25-4/h7-9H,5-6H2,1-4H3,(H,19,22,23,24). The summed E-state index contributed by atoms with van der Waals surface area (Å²) in [6, 6.07) is 0. The number of ether oxygens (including phenoxy) is 2. The van der Waals surface area contributed by atoms with Crippen molar-refractivity contribution in [1.82, 2.24) is 19.9 Å². The number of aromatic nitrogens is 4. The average molecular weight is 469 g/mol. The Bertz CT molecular complexity index is 834. The van der Waals surface area contributed by atoms with Gasteiger partial charge >= 0.3 is 6.09 Å². The Hall–Kier alpha value is -2.04. The highest BCUT2D eigenvalue weighted by atomic mass is 127. The van der Waals surface area contributed by atoms with Crippen molar-refractivity contribution in [3.8, 4) is 17.3 Å². The molecule has 2 heterocycles. The van der Waals surface area contributed by atoms with Gasteiger partial charge in [0.25, 0.3) is 0 Å². The zero-order chi connectivity index (χ0) is 18.9. The van der Waals surface area contributed by atoms with Crippen LogP contribution in [0.2, 0.25) is 0 Å². The number of halogens is 1. The summed E-state index contributed by atoms with van der Waals surface area (Å²) >= 11 is 2.06. The highest BCUT2D eigenvalue weighted by Crippen LogP contribution is 2.44. The van der Waals surface area contributed by atoms with Crippen molar-refractivity contribution >= 4 is 34.5 Å². The van der Waals surface area contributed by atoms with Crippen molar-refractivity contribution in [3.05, 3.63) is 21.8 Å². The quantitative estimate of drug-likeness (QED) is 0.681. The Morgan fingerprint density at radius 2 is 2.00 bits per heavy atom. The Labute approximate surface area is 165 Å². The third kappa shape index (κ3) is 4.37. The van der Waals surface area contributed by atoms with Gasteiger partial charge in [0.05, 0.1) is 16.4 Å².